The summed E-state index contributed by atoms with van der Waals surface area (Å²) in [7, 11) is 0. The number of hydrogen-bond donors (Lipinski definition) is 0. The fraction of sp³-hybridized carbons (Fsp3) is 0. The van der Waals surface area contributed by atoms with Gasteiger partial charge < -0.3 is 0 Å². The van der Waals surface area contributed by atoms with Crippen molar-refractivity contribution in [3.63, 3.8) is 0 Å². The zero-order valence-electron chi connectivity index (χ0n) is 11.3. The summed E-state index contributed by atoms with van der Waals surface area (Å²) < 4.78 is 0. The molecule has 0 N–H and O–H groups in total. The molecule has 22 heavy (non-hydrogen) atoms. The summed E-state index contributed by atoms with van der Waals surface area (Å²) >= 11 is 7.24. The van der Waals surface area contributed by atoms with Crippen molar-refractivity contribution in [2.45, 2.75) is 0 Å². The van der Waals surface area contributed by atoms with Crippen LogP contribution in [0.15, 0.2) is 54.2 Å². The third-order valence-corrected chi connectivity index (χ3v) is 3.92. The van der Waals surface area contributed by atoms with Gasteiger partial charge in [-0.25, -0.2) is 15.0 Å². The molecule has 2 aromatic heterocycles. The number of aromatic nitrogens is 3. The van der Waals surface area contributed by atoms with Gasteiger partial charge in [0.1, 0.15) is 0 Å². The zero-order valence-corrected chi connectivity index (χ0v) is 12.9. The van der Waals surface area contributed by atoms with E-state index in [1.54, 1.807) is 48.8 Å². The maximum Gasteiger partial charge on any atom is 0.188 e. The van der Waals surface area contributed by atoms with Crippen molar-refractivity contribution in [1.29, 1.82) is 0 Å². The van der Waals surface area contributed by atoms with Gasteiger partial charge in [0, 0.05) is 28.4 Å². The van der Waals surface area contributed by atoms with Gasteiger partial charge in [-0.15, -0.1) is 11.3 Å². The molecular weight excluding hydrogens is 318 g/mol. The lowest BCUT2D eigenvalue weighted by Gasteiger charge is -1.95. The molecule has 0 fully saturated rings. The summed E-state index contributed by atoms with van der Waals surface area (Å²) in [6, 6.07) is 8.52. The third-order valence-electron chi connectivity index (χ3n) is 2.81. The zero-order chi connectivity index (χ0) is 15.4. The summed E-state index contributed by atoms with van der Waals surface area (Å²) in [5, 5.41) is 3.18. The van der Waals surface area contributed by atoms with Gasteiger partial charge in [0.15, 0.2) is 16.6 Å². The number of thiazole rings is 1. The standard InChI is InChI=1S/C16H10ClN3OS/c17-12-4-2-11(3-5-12)14(21)7-6-13-10-22-16(20-13)15-18-8-1-9-19-15/h1-10H/b7-6-. The molecule has 0 radical (unpaired) electrons. The highest BCUT2D eigenvalue weighted by Crippen LogP contribution is 2.20. The molecule has 0 amide bonds. The highest BCUT2D eigenvalue weighted by atomic mass is 35.5. The van der Waals surface area contributed by atoms with E-state index in [1.807, 2.05) is 5.38 Å². The highest BCUT2D eigenvalue weighted by molar-refractivity contribution is 7.13. The second-order valence-electron chi connectivity index (χ2n) is 4.35. The van der Waals surface area contributed by atoms with E-state index in [0.717, 1.165) is 5.01 Å². The smallest absolute Gasteiger partial charge is 0.188 e. The van der Waals surface area contributed by atoms with Crippen molar-refractivity contribution in [3.8, 4) is 10.8 Å². The van der Waals surface area contributed by atoms with Crippen molar-refractivity contribution in [2.24, 2.45) is 0 Å². The van der Waals surface area contributed by atoms with E-state index in [2.05, 4.69) is 15.0 Å². The maximum atomic E-state index is 12.0. The van der Waals surface area contributed by atoms with Crippen LogP contribution in [0.2, 0.25) is 5.02 Å². The third kappa shape index (κ3) is 3.44. The minimum absolute atomic E-state index is 0.0952. The Balaban J connectivity index is 1.75. The first-order valence-corrected chi connectivity index (χ1v) is 7.69. The lowest BCUT2D eigenvalue weighted by atomic mass is 10.1. The van der Waals surface area contributed by atoms with Crippen molar-refractivity contribution < 1.29 is 4.79 Å². The first kappa shape index (κ1) is 14.6. The molecule has 0 aliphatic carbocycles. The quantitative estimate of drug-likeness (QED) is 0.533. The van der Waals surface area contributed by atoms with Gasteiger partial charge in [-0.1, -0.05) is 11.6 Å². The molecule has 0 atom stereocenters. The summed E-state index contributed by atoms with van der Waals surface area (Å²) in [4.78, 5) is 24.7. The Morgan fingerprint density at radius 3 is 2.59 bits per heavy atom. The Morgan fingerprint density at radius 1 is 1.14 bits per heavy atom. The Kier molecular flexibility index (Phi) is 4.37. The number of nitrogens with zero attached hydrogens (tertiary/aromatic N) is 3. The van der Waals surface area contributed by atoms with E-state index >= 15 is 0 Å². The van der Waals surface area contributed by atoms with Crippen molar-refractivity contribution in [2.75, 3.05) is 0 Å². The Hall–Kier alpha value is -2.37. The lowest BCUT2D eigenvalue weighted by molar-refractivity contribution is 0.104. The minimum Gasteiger partial charge on any atom is -0.289 e. The second kappa shape index (κ2) is 6.60. The molecule has 108 valence electrons. The van der Waals surface area contributed by atoms with Crippen molar-refractivity contribution in [1.82, 2.24) is 15.0 Å². The van der Waals surface area contributed by atoms with Crippen molar-refractivity contribution in [3.05, 3.63) is 70.5 Å². The molecule has 3 aromatic rings. The van der Waals surface area contributed by atoms with Crippen LogP contribution in [0, 0.1) is 0 Å². The van der Waals surface area contributed by atoms with Gasteiger partial charge in [-0.3, -0.25) is 4.79 Å². The van der Waals surface area contributed by atoms with E-state index in [-0.39, 0.29) is 5.78 Å². The molecule has 1 aromatic carbocycles. The largest absolute Gasteiger partial charge is 0.289 e. The van der Waals surface area contributed by atoms with E-state index in [9.17, 15) is 4.79 Å². The molecule has 0 aliphatic heterocycles. The van der Waals surface area contributed by atoms with Gasteiger partial charge in [0.2, 0.25) is 0 Å². The number of allylic oxidation sites excluding steroid dienone is 1. The number of benzene rings is 1. The summed E-state index contributed by atoms with van der Waals surface area (Å²) in [6.45, 7) is 0. The highest BCUT2D eigenvalue weighted by Gasteiger charge is 2.06. The summed E-state index contributed by atoms with van der Waals surface area (Å²) in [5.74, 6) is 0.485. The molecule has 6 heteroatoms. The fourth-order valence-corrected chi connectivity index (χ4v) is 2.60. The first-order valence-electron chi connectivity index (χ1n) is 6.43. The number of carbonyl (C=O) groups is 1. The normalized spacial score (nSPS) is 11.0. The van der Waals surface area contributed by atoms with E-state index in [4.69, 9.17) is 11.6 Å². The van der Waals surface area contributed by atoms with Crippen LogP contribution in [-0.4, -0.2) is 20.7 Å². The van der Waals surface area contributed by atoms with Crippen LogP contribution in [-0.2, 0) is 0 Å². The number of rotatable bonds is 4. The molecule has 0 bridgehead atoms. The summed E-state index contributed by atoms with van der Waals surface area (Å²) in [6.07, 6.45) is 6.51. The molecule has 2 heterocycles. The predicted molar refractivity (Wildman–Crippen MR) is 88.0 cm³/mol. The fourth-order valence-electron chi connectivity index (χ4n) is 1.75. The van der Waals surface area contributed by atoms with Crippen LogP contribution in [0.4, 0.5) is 0 Å². The van der Waals surface area contributed by atoms with Gasteiger partial charge in [-0.05, 0) is 42.5 Å². The first-order chi connectivity index (χ1) is 10.7. The maximum absolute atomic E-state index is 12.0. The number of halogens is 1. The van der Waals surface area contributed by atoms with E-state index in [1.165, 1.54) is 17.4 Å². The molecular formula is C16H10ClN3OS. The van der Waals surface area contributed by atoms with Gasteiger partial charge in [-0.2, -0.15) is 0 Å². The van der Waals surface area contributed by atoms with Crippen LogP contribution in [0.3, 0.4) is 0 Å². The summed E-state index contributed by atoms with van der Waals surface area (Å²) in [5.41, 5.74) is 1.29. The molecule has 4 nitrogen and oxygen atoms in total. The van der Waals surface area contributed by atoms with Crippen LogP contribution in [0.25, 0.3) is 16.9 Å². The molecule has 0 saturated heterocycles. The predicted octanol–water partition coefficient (Wildman–Crippen LogP) is 4.15. The Morgan fingerprint density at radius 2 is 1.86 bits per heavy atom. The SMILES string of the molecule is O=C(/C=C\c1csc(-c2ncccn2)n1)c1ccc(Cl)cc1. The molecule has 0 unspecified atom stereocenters. The van der Waals surface area contributed by atoms with E-state index in [0.29, 0.717) is 22.1 Å². The number of hydrogen-bond acceptors (Lipinski definition) is 5. The second-order valence-corrected chi connectivity index (χ2v) is 5.65. The Labute approximate surface area is 136 Å². The Bertz CT molecular complexity index is 813. The lowest BCUT2D eigenvalue weighted by Crippen LogP contribution is -1.93. The number of ketones is 1. The van der Waals surface area contributed by atoms with E-state index < -0.39 is 0 Å². The molecule has 3 rings (SSSR count). The monoisotopic (exact) mass is 327 g/mol. The molecule has 0 saturated carbocycles. The van der Waals surface area contributed by atoms with Gasteiger partial charge in [0.25, 0.3) is 0 Å². The average molecular weight is 328 g/mol. The molecule has 0 aliphatic rings. The molecule has 0 spiro atoms. The topological polar surface area (TPSA) is 55.7 Å². The van der Waals surface area contributed by atoms with Crippen LogP contribution in [0.5, 0.6) is 0 Å². The van der Waals surface area contributed by atoms with Gasteiger partial charge in [0.05, 0.1) is 5.69 Å². The minimum atomic E-state index is -0.0952. The van der Waals surface area contributed by atoms with Gasteiger partial charge >= 0.3 is 0 Å². The van der Waals surface area contributed by atoms with Crippen molar-refractivity contribution >= 4 is 34.8 Å². The van der Waals surface area contributed by atoms with Crippen LogP contribution < -0.4 is 0 Å². The number of carbonyl (C=O) groups excluding carboxylic acids is 1. The van der Waals surface area contributed by atoms with Crippen LogP contribution >= 0.6 is 22.9 Å². The average Bonchev–Trinajstić information content (AvgIpc) is 3.03. The van der Waals surface area contributed by atoms with Crippen LogP contribution in [0.1, 0.15) is 16.1 Å².